The van der Waals surface area contributed by atoms with Crippen molar-refractivity contribution in [1.29, 1.82) is 0 Å². The molecule has 19 heavy (non-hydrogen) atoms. The van der Waals surface area contributed by atoms with Gasteiger partial charge in [0.2, 0.25) is 0 Å². The third-order valence-corrected chi connectivity index (χ3v) is 3.12. The number of hydrogen-bond acceptors (Lipinski definition) is 4. The number of benzene rings is 1. The van der Waals surface area contributed by atoms with Crippen molar-refractivity contribution in [2.24, 2.45) is 0 Å². The van der Waals surface area contributed by atoms with Crippen LogP contribution in [0.2, 0.25) is 0 Å². The van der Waals surface area contributed by atoms with Gasteiger partial charge >= 0.3 is 0 Å². The van der Waals surface area contributed by atoms with Gasteiger partial charge in [0.15, 0.2) is 0 Å². The topological polar surface area (TPSA) is 35.7 Å². The molecule has 1 rings (SSSR count). The fraction of sp³-hybridized carbons (Fsp3) is 0.571. The van der Waals surface area contributed by atoms with E-state index in [2.05, 4.69) is 55.0 Å². The Hall–Kier alpha value is -0.970. The van der Waals surface area contributed by atoms with Crippen LogP contribution in [0.25, 0.3) is 0 Å². The largest absolute Gasteiger partial charge is 0.399 e. The van der Waals surface area contributed by atoms with Gasteiger partial charge in [-0.1, -0.05) is 27.7 Å². The molecule has 0 heterocycles. The lowest BCUT2D eigenvalue weighted by atomic mass is 10.3. The zero-order chi connectivity index (χ0) is 13.5. The molecule has 0 aliphatic heterocycles. The van der Waals surface area contributed by atoms with E-state index >= 15 is 0 Å². The van der Waals surface area contributed by atoms with Crippen molar-refractivity contribution in [2.45, 2.75) is 27.7 Å². The second-order valence-corrected chi connectivity index (χ2v) is 4.16. The highest BCUT2D eigenvalue weighted by atomic mass is 35.5. The number of nitrogens with two attached hydrogens (primary N) is 1. The maximum atomic E-state index is 5.76. The van der Waals surface area contributed by atoms with Crippen LogP contribution in [0.3, 0.4) is 0 Å². The highest BCUT2D eigenvalue weighted by molar-refractivity contribution is 5.85. The molecule has 1 aromatic carbocycles. The highest BCUT2D eigenvalue weighted by Crippen LogP contribution is 2.20. The van der Waals surface area contributed by atoms with Crippen LogP contribution < -0.4 is 10.9 Å². The number of rotatable bonds is 7. The van der Waals surface area contributed by atoms with Gasteiger partial charge in [-0.25, -0.2) is 15.1 Å². The molecule has 0 aliphatic rings. The van der Waals surface area contributed by atoms with Crippen molar-refractivity contribution in [3.8, 4) is 0 Å². The Balaban J connectivity index is 0.00000324. The average Bonchev–Trinajstić information content (AvgIpc) is 2.40. The van der Waals surface area contributed by atoms with Crippen LogP contribution in [-0.2, 0) is 0 Å². The fourth-order valence-corrected chi connectivity index (χ4v) is 2.10. The Morgan fingerprint density at radius 3 is 1.47 bits per heavy atom. The van der Waals surface area contributed by atoms with Gasteiger partial charge in [-0.15, -0.1) is 12.4 Å². The molecule has 5 heteroatoms. The number of anilines is 2. The van der Waals surface area contributed by atoms with E-state index in [1.807, 2.05) is 12.1 Å². The molecular formula is C14H27ClN4. The molecule has 0 atom stereocenters. The van der Waals surface area contributed by atoms with Crippen molar-refractivity contribution in [1.82, 2.24) is 10.0 Å². The summed E-state index contributed by atoms with van der Waals surface area (Å²) in [5, 5.41) is 6.90. The fourth-order valence-electron chi connectivity index (χ4n) is 2.10. The Morgan fingerprint density at radius 2 is 1.16 bits per heavy atom. The van der Waals surface area contributed by atoms with Crippen molar-refractivity contribution < 1.29 is 0 Å². The molecule has 0 aliphatic carbocycles. The van der Waals surface area contributed by atoms with Crippen LogP contribution >= 0.6 is 12.4 Å². The first-order chi connectivity index (χ1) is 8.67. The molecule has 4 nitrogen and oxygen atoms in total. The van der Waals surface area contributed by atoms with E-state index in [1.165, 1.54) is 0 Å². The zero-order valence-electron chi connectivity index (χ0n) is 12.5. The van der Waals surface area contributed by atoms with Crippen LogP contribution in [0.4, 0.5) is 11.4 Å². The summed E-state index contributed by atoms with van der Waals surface area (Å²) in [5.41, 5.74) is 7.73. The Bertz CT molecular complexity index is 322. The first kappa shape index (κ1) is 18.0. The Kier molecular flexibility index (Phi) is 8.56. The minimum absolute atomic E-state index is 0. The third-order valence-electron chi connectivity index (χ3n) is 3.12. The summed E-state index contributed by atoms with van der Waals surface area (Å²) in [7, 11) is 0. The molecule has 110 valence electrons. The second-order valence-electron chi connectivity index (χ2n) is 4.16. The number of nitrogen functional groups attached to an aromatic ring is 1. The van der Waals surface area contributed by atoms with Crippen LogP contribution in [-0.4, -0.2) is 36.2 Å². The third kappa shape index (κ3) is 4.56. The first-order valence-electron chi connectivity index (χ1n) is 6.83. The van der Waals surface area contributed by atoms with Crippen LogP contribution in [0.1, 0.15) is 27.7 Å². The van der Waals surface area contributed by atoms with Crippen molar-refractivity contribution >= 4 is 23.8 Å². The van der Waals surface area contributed by atoms with Gasteiger partial charge in [-0.05, 0) is 24.3 Å². The summed E-state index contributed by atoms with van der Waals surface area (Å²) in [5.74, 6) is 0. The van der Waals surface area contributed by atoms with Gasteiger partial charge < -0.3 is 5.73 Å². The van der Waals surface area contributed by atoms with Gasteiger partial charge in [-0.2, -0.15) is 0 Å². The summed E-state index contributed by atoms with van der Waals surface area (Å²) < 4.78 is 0. The normalized spacial score (nSPS) is 10.6. The molecule has 1 aromatic rings. The van der Waals surface area contributed by atoms with Gasteiger partial charge in [0.1, 0.15) is 0 Å². The molecule has 0 saturated carbocycles. The Labute approximate surface area is 123 Å². The molecule has 0 bridgehead atoms. The molecule has 2 N–H and O–H groups in total. The molecule has 0 aromatic heterocycles. The molecule has 0 fully saturated rings. The van der Waals surface area contributed by atoms with Gasteiger partial charge in [-0.3, -0.25) is 0 Å². The predicted molar refractivity (Wildman–Crippen MR) is 86.4 cm³/mol. The van der Waals surface area contributed by atoms with Gasteiger partial charge in [0.05, 0.1) is 5.69 Å². The van der Waals surface area contributed by atoms with E-state index in [-0.39, 0.29) is 12.4 Å². The van der Waals surface area contributed by atoms with E-state index in [0.29, 0.717) is 0 Å². The Morgan fingerprint density at radius 1 is 0.789 bits per heavy atom. The first-order valence-corrected chi connectivity index (χ1v) is 6.83. The van der Waals surface area contributed by atoms with Crippen LogP contribution in [0.15, 0.2) is 24.3 Å². The van der Waals surface area contributed by atoms with Crippen molar-refractivity contribution in [3.05, 3.63) is 24.3 Å². The SMILES string of the molecule is CCN(CC)N(c1ccc(N)cc1)N(CC)CC.Cl. The predicted octanol–water partition coefficient (Wildman–Crippen LogP) is 3.01. The summed E-state index contributed by atoms with van der Waals surface area (Å²) in [6, 6.07) is 8.06. The van der Waals surface area contributed by atoms with Crippen LogP contribution in [0, 0.1) is 0 Å². The smallest absolute Gasteiger partial charge is 0.0708 e. The molecule has 0 radical (unpaired) electrons. The van der Waals surface area contributed by atoms with E-state index < -0.39 is 0 Å². The number of hydrogen-bond donors (Lipinski definition) is 1. The highest BCUT2D eigenvalue weighted by Gasteiger charge is 2.18. The minimum atomic E-state index is 0. The maximum absolute atomic E-state index is 5.76. The minimum Gasteiger partial charge on any atom is -0.399 e. The van der Waals surface area contributed by atoms with Crippen LogP contribution in [0.5, 0.6) is 0 Å². The molecular weight excluding hydrogens is 260 g/mol. The zero-order valence-corrected chi connectivity index (χ0v) is 13.3. The van der Waals surface area contributed by atoms with E-state index in [0.717, 1.165) is 37.6 Å². The van der Waals surface area contributed by atoms with Gasteiger partial charge in [0.25, 0.3) is 0 Å². The maximum Gasteiger partial charge on any atom is 0.0708 e. The van der Waals surface area contributed by atoms with E-state index in [1.54, 1.807) is 0 Å². The molecule has 0 spiro atoms. The standard InChI is InChI=1S/C14H26N4.ClH/c1-5-16(6-2)18(17(7-3)8-4)14-11-9-13(15)10-12-14;/h9-12H,5-8,15H2,1-4H3;1H. The van der Waals surface area contributed by atoms with Crippen molar-refractivity contribution in [2.75, 3.05) is 37.0 Å². The number of hydrazine groups is 2. The van der Waals surface area contributed by atoms with E-state index in [4.69, 9.17) is 5.73 Å². The summed E-state index contributed by atoms with van der Waals surface area (Å²) in [6.07, 6.45) is 0. The lowest BCUT2D eigenvalue weighted by Gasteiger charge is -2.42. The molecule has 0 amide bonds. The lowest BCUT2D eigenvalue weighted by molar-refractivity contribution is 0.114. The monoisotopic (exact) mass is 286 g/mol. The molecule has 0 saturated heterocycles. The lowest BCUT2D eigenvalue weighted by Crippen LogP contribution is -2.53. The molecule has 0 unspecified atom stereocenters. The summed E-state index contributed by atoms with van der Waals surface area (Å²) in [6.45, 7) is 12.6. The van der Waals surface area contributed by atoms with E-state index in [9.17, 15) is 0 Å². The number of halogens is 1. The summed E-state index contributed by atoms with van der Waals surface area (Å²) in [4.78, 5) is 0. The second kappa shape index (κ2) is 9.02. The quantitative estimate of drug-likeness (QED) is 0.617. The average molecular weight is 287 g/mol. The van der Waals surface area contributed by atoms with Gasteiger partial charge in [0, 0.05) is 31.9 Å². The number of nitrogens with zero attached hydrogens (tertiary/aromatic N) is 3. The van der Waals surface area contributed by atoms with Crippen molar-refractivity contribution in [3.63, 3.8) is 0 Å². The summed E-state index contributed by atoms with van der Waals surface area (Å²) >= 11 is 0.